The molecule has 6 rings (SSSR count). The quantitative estimate of drug-likeness (QED) is 0.118. The fourth-order valence-electron chi connectivity index (χ4n) is 6.88. The average molecular weight is 855 g/mol. The summed E-state index contributed by atoms with van der Waals surface area (Å²) < 4.78 is 187. The minimum absolute atomic E-state index is 0.117. The summed E-state index contributed by atoms with van der Waals surface area (Å²) in [7, 11) is 0. The normalized spacial score (nSPS) is 14.7. The lowest BCUT2D eigenvalue weighted by molar-refractivity contribution is -0.183. The van der Waals surface area contributed by atoms with E-state index in [0.29, 0.717) is 0 Å². The summed E-state index contributed by atoms with van der Waals surface area (Å²) in [5.74, 6) is 0.117. The molecule has 0 unspecified atom stereocenters. The largest absolute Gasteiger partial charge is 0.421 e. The van der Waals surface area contributed by atoms with E-state index in [-0.39, 0.29) is 5.92 Å². The molecule has 0 amide bonds. The average Bonchev–Trinajstić information content (AvgIpc) is 3.54. The van der Waals surface area contributed by atoms with Gasteiger partial charge in [0.15, 0.2) is 0 Å². The van der Waals surface area contributed by atoms with E-state index in [9.17, 15) is 65.9 Å². The minimum atomic E-state index is -7.08. The van der Waals surface area contributed by atoms with Gasteiger partial charge in [0.05, 0.1) is 11.1 Å². The van der Waals surface area contributed by atoms with Crippen LogP contribution in [0.2, 0.25) is 0 Å². The second kappa shape index (κ2) is 17.3. The molecule has 0 saturated heterocycles. The lowest BCUT2D eigenvalue weighted by Gasteiger charge is -2.26. The third-order valence-corrected chi connectivity index (χ3v) is 9.23. The summed E-state index contributed by atoms with van der Waals surface area (Å²) in [5.41, 5.74) is -5.03. The summed E-state index contributed by atoms with van der Waals surface area (Å²) in [6.07, 6.45) is -34.3. The van der Waals surface area contributed by atoms with E-state index < -0.39 is 60.1 Å². The van der Waals surface area contributed by atoms with Crippen LogP contribution in [0.5, 0.6) is 0 Å². The molecule has 0 radical (unpaired) electrons. The number of hydrogen-bond donors (Lipinski definition) is 0. The Hall–Kier alpha value is -5.99. The van der Waals surface area contributed by atoms with E-state index in [4.69, 9.17) is 0 Å². The molecular formula is C45H29F15. The first-order valence-electron chi connectivity index (χ1n) is 17.5. The molecule has 0 bridgehead atoms. The van der Waals surface area contributed by atoms with Gasteiger partial charge in [0.2, 0.25) is 0 Å². The monoisotopic (exact) mass is 854 g/mol. The molecule has 0 saturated carbocycles. The molecule has 5 aromatic rings. The van der Waals surface area contributed by atoms with Gasteiger partial charge >= 0.3 is 30.9 Å². The van der Waals surface area contributed by atoms with Crippen molar-refractivity contribution in [3.05, 3.63) is 202 Å². The van der Waals surface area contributed by atoms with Crippen LogP contribution >= 0.6 is 0 Å². The predicted molar refractivity (Wildman–Crippen MR) is 199 cm³/mol. The number of allylic oxidation sites excluding steroid dienone is 8. The summed E-state index contributed by atoms with van der Waals surface area (Å²) in [4.78, 5) is 0. The van der Waals surface area contributed by atoms with Crippen molar-refractivity contribution in [1.82, 2.24) is 0 Å². The number of benzene rings is 5. The van der Waals surface area contributed by atoms with E-state index in [1.54, 1.807) is 0 Å². The first-order valence-corrected chi connectivity index (χ1v) is 17.5. The van der Waals surface area contributed by atoms with Crippen molar-refractivity contribution in [1.29, 1.82) is 0 Å². The van der Waals surface area contributed by atoms with Gasteiger partial charge in [0.1, 0.15) is 5.57 Å². The molecule has 5 aromatic carbocycles. The Morgan fingerprint density at radius 2 is 0.617 bits per heavy atom. The Bertz CT molecular complexity index is 2240. The highest BCUT2D eigenvalue weighted by molar-refractivity contribution is 6.29. The summed E-state index contributed by atoms with van der Waals surface area (Å²) >= 11 is 0. The maximum atomic E-state index is 12.6. The Balaban J connectivity index is 0.000000244. The number of rotatable bonds is 6. The SMILES string of the molecule is CC(=C(C(=C(C(F)(F)F)C(F)(F)F)C(F)(F)F)C(F)(F)F)C(F)(F)F.c1ccc(C2=C(c3ccccc3)C(c3ccccc3)C(c3ccccc3)=C2c2ccccc2)cc1. The van der Waals surface area contributed by atoms with Gasteiger partial charge in [-0.05, 0) is 57.0 Å². The first kappa shape index (κ1) is 45.1. The highest BCUT2D eigenvalue weighted by atomic mass is 19.4. The van der Waals surface area contributed by atoms with Gasteiger partial charge in [-0.25, -0.2) is 0 Å². The van der Waals surface area contributed by atoms with Crippen molar-refractivity contribution in [3.8, 4) is 0 Å². The molecule has 0 spiro atoms. The molecule has 0 aliphatic heterocycles. The molecule has 0 nitrogen and oxygen atoms in total. The lowest BCUT2D eigenvalue weighted by Crippen LogP contribution is -2.36. The fourth-order valence-corrected chi connectivity index (χ4v) is 6.88. The van der Waals surface area contributed by atoms with Crippen LogP contribution in [0.3, 0.4) is 0 Å². The van der Waals surface area contributed by atoms with Crippen LogP contribution in [-0.2, 0) is 0 Å². The molecule has 60 heavy (non-hydrogen) atoms. The molecular weight excluding hydrogens is 825 g/mol. The van der Waals surface area contributed by atoms with Crippen molar-refractivity contribution in [2.75, 3.05) is 0 Å². The van der Waals surface area contributed by atoms with Crippen LogP contribution in [0.25, 0.3) is 22.3 Å². The van der Waals surface area contributed by atoms with Crippen LogP contribution in [0.15, 0.2) is 174 Å². The second-order valence-electron chi connectivity index (χ2n) is 13.1. The van der Waals surface area contributed by atoms with E-state index in [1.807, 2.05) is 0 Å². The van der Waals surface area contributed by atoms with Crippen LogP contribution in [0.1, 0.15) is 40.7 Å². The van der Waals surface area contributed by atoms with Gasteiger partial charge in [-0.1, -0.05) is 152 Å². The maximum Gasteiger partial charge on any atom is 0.421 e. The van der Waals surface area contributed by atoms with Gasteiger partial charge in [-0.2, -0.15) is 65.9 Å². The highest BCUT2D eigenvalue weighted by Gasteiger charge is 2.62. The zero-order valence-corrected chi connectivity index (χ0v) is 30.7. The van der Waals surface area contributed by atoms with E-state index in [0.717, 1.165) is 0 Å². The molecule has 1 aliphatic rings. The highest BCUT2D eigenvalue weighted by Crippen LogP contribution is 2.59. The fraction of sp³-hybridized carbons (Fsp3) is 0.156. The summed E-state index contributed by atoms with van der Waals surface area (Å²) in [6, 6.07) is 54.5. The van der Waals surface area contributed by atoms with Crippen molar-refractivity contribution < 1.29 is 65.9 Å². The van der Waals surface area contributed by atoms with Crippen LogP contribution in [0, 0.1) is 0 Å². The number of hydrogen-bond acceptors (Lipinski definition) is 0. The molecule has 15 heteroatoms. The molecule has 0 aromatic heterocycles. The van der Waals surface area contributed by atoms with Crippen molar-refractivity contribution in [2.45, 2.75) is 43.7 Å². The Morgan fingerprint density at radius 3 is 0.883 bits per heavy atom. The molecule has 0 atom stereocenters. The van der Waals surface area contributed by atoms with Gasteiger partial charge in [-0.3, -0.25) is 0 Å². The summed E-state index contributed by atoms with van der Waals surface area (Å²) in [6.45, 7) is -0.723. The van der Waals surface area contributed by atoms with E-state index in [2.05, 4.69) is 152 Å². The lowest BCUT2D eigenvalue weighted by atomic mass is 9.81. The number of halogens is 15. The molecule has 1 aliphatic carbocycles. The number of alkyl halides is 15. The predicted octanol–water partition coefficient (Wildman–Crippen LogP) is 15.4. The van der Waals surface area contributed by atoms with Crippen molar-refractivity contribution in [2.24, 2.45) is 0 Å². The van der Waals surface area contributed by atoms with Crippen molar-refractivity contribution >= 4 is 22.3 Å². The minimum Gasteiger partial charge on any atom is -0.166 e. The Morgan fingerprint density at radius 1 is 0.333 bits per heavy atom. The van der Waals surface area contributed by atoms with Gasteiger partial charge in [-0.15, -0.1) is 0 Å². The smallest absolute Gasteiger partial charge is 0.166 e. The van der Waals surface area contributed by atoms with Gasteiger partial charge in [0, 0.05) is 11.5 Å². The second-order valence-corrected chi connectivity index (χ2v) is 13.1. The Labute approximate surface area is 333 Å². The standard InChI is InChI=1S/C35H26.C10H3F15/c1-6-16-26(17-7-1)31-32(27-18-8-2-9-19-27)34(29-22-12-4-13-23-29)35(30-24-14-5-15-25-30)33(31)28-20-10-3-11-21-28;1-2(6(11,12)13)3(7(14,15)16)4(8(17,18)19)5(9(20,21)22)10(23,24)25/h1-25,31H;1H3. The van der Waals surface area contributed by atoms with Gasteiger partial charge < -0.3 is 0 Å². The zero-order chi connectivity index (χ0) is 44.3. The Kier molecular flexibility index (Phi) is 13.0. The van der Waals surface area contributed by atoms with Gasteiger partial charge in [0.25, 0.3) is 0 Å². The van der Waals surface area contributed by atoms with E-state index in [1.165, 1.54) is 50.1 Å². The van der Waals surface area contributed by atoms with Crippen molar-refractivity contribution in [3.63, 3.8) is 0 Å². The first-order chi connectivity index (χ1) is 27.9. The van der Waals surface area contributed by atoms with Crippen LogP contribution < -0.4 is 0 Å². The molecule has 0 heterocycles. The maximum absolute atomic E-state index is 12.6. The zero-order valence-electron chi connectivity index (χ0n) is 30.7. The molecule has 0 N–H and O–H groups in total. The topological polar surface area (TPSA) is 0 Å². The third-order valence-electron chi connectivity index (χ3n) is 9.23. The van der Waals surface area contributed by atoms with Crippen LogP contribution in [-0.4, -0.2) is 30.9 Å². The molecule has 0 fully saturated rings. The van der Waals surface area contributed by atoms with Crippen LogP contribution in [0.4, 0.5) is 65.9 Å². The molecule has 314 valence electrons. The summed E-state index contributed by atoms with van der Waals surface area (Å²) in [5, 5.41) is 0. The van der Waals surface area contributed by atoms with E-state index >= 15 is 0 Å². The third kappa shape index (κ3) is 10.1.